The van der Waals surface area contributed by atoms with Gasteiger partial charge < -0.3 is 9.80 Å². The van der Waals surface area contributed by atoms with E-state index in [1.54, 1.807) is 0 Å². The lowest BCUT2D eigenvalue weighted by atomic mass is 10.3. The first-order chi connectivity index (χ1) is 8.45. The van der Waals surface area contributed by atoms with Crippen molar-refractivity contribution in [3.8, 4) is 0 Å². The monoisotopic (exact) mass is 270 g/mol. The molecule has 0 unspecified atom stereocenters. The molecule has 0 spiro atoms. The molecular weight excluding hydrogens is 248 g/mol. The summed E-state index contributed by atoms with van der Waals surface area (Å²) >= 11 is 6.14. The SMILES string of the molecule is CCc1nc(Cl)c(C)c(N(C)CCCN(C)C)n1. The van der Waals surface area contributed by atoms with Gasteiger partial charge in [0, 0.05) is 25.6 Å². The van der Waals surface area contributed by atoms with Crippen molar-refractivity contribution in [3.63, 3.8) is 0 Å². The average Bonchev–Trinajstić information content (AvgIpc) is 2.31. The molecule has 0 radical (unpaired) electrons. The predicted molar refractivity (Wildman–Crippen MR) is 77.6 cm³/mol. The molecule has 0 aliphatic rings. The molecule has 1 aromatic rings. The Morgan fingerprint density at radius 3 is 2.33 bits per heavy atom. The lowest BCUT2D eigenvalue weighted by Gasteiger charge is -2.22. The van der Waals surface area contributed by atoms with Crippen molar-refractivity contribution in [1.29, 1.82) is 0 Å². The number of hydrogen-bond acceptors (Lipinski definition) is 4. The van der Waals surface area contributed by atoms with Crippen LogP contribution in [0.1, 0.15) is 24.7 Å². The Hall–Kier alpha value is -0.870. The Balaban J connectivity index is 2.77. The number of rotatable bonds is 6. The molecule has 0 saturated heterocycles. The van der Waals surface area contributed by atoms with Crippen molar-refractivity contribution in [2.24, 2.45) is 0 Å². The summed E-state index contributed by atoms with van der Waals surface area (Å²) in [7, 11) is 6.23. The van der Waals surface area contributed by atoms with Crippen molar-refractivity contribution in [2.75, 3.05) is 39.1 Å². The van der Waals surface area contributed by atoms with E-state index in [0.717, 1.165) is 43.1 Å². The van der Waals surface area contributed by atoms with Crippen LogP contribution in [0.3, 0.4) is 0 Å². The molecule has 1 rings (SSSR count). The van der Waals surface area contributed by atoms with Gasteiger partial charge in [0.05, 0.1) is 0 Å². The van der Waals surface area contributed by atoms with E-state index in [1.165, 1.54) is 0 Å². The van der Waals surface area contributed by atoms with Crippen LogP contribution in [0.15, 0.2) is 0 Å². The van der Waals surface area contributed by atoms with Crippen molar-refractivity contribution >= 4 is 17.4 Å². The van der Waals surface area contributed by atoms with Gasteiger partial charge in [0.15, 0.2) is 0 Å². The van der Waals surface area contributed by atoms with Crippen LogP contribution in [0.4, 0.5) is 5.82 Å². The van der Waals surface area contributed by atoms with Crippen LogP contribution in [-0.2, 0) is 6.42 Å². The first kappa shape index (κ1) is 15.2. The highest BCUT2D eigenvalue weighted by Crippen LogP contribution is 2.22. The van der Waals surface area contributed by atoms with Crippen LogP contribution < -0.4 is 4.90 Å². The topological polar surface area (TPSA) is 32.3 Å². The standard InChI is InChI=1S/C13H23ClN4/c1-6-11-15-12(14)10(2)13(16-11)18(5)9-7-8-17(3)4/h6-9H2,1-5H3. The molecule has 0 saturated carbocycles. The Kier molecular flexibility index (Phi) is 5.82. The maximum atomic E-state index is 6.14. The average molecular weight is 271 g/mol. The van der Waals surface area contributed by atoms with Gasteiger partial charge in [0.2, 0.25) is 0 Å². The molecule has 18 heavy (non-hydrogen) atoms. The first-order valence-electron chi connectivity index (χ1n) is 6.34. The lowest BCUT2D eigenvalue weighted by molar-refractivity contribution is 0.401. The lowest BCUT2D eigenvalue weighted by Crippen LogP contribution is -2.25. The number of hydrogen-bond donors (Lipinski definition) is 0. The summed E-state index contributed by atoms with van der Waals surface area (Å²) in [5, 5.41) is 0.566. The van der Waals surface area contributed by atoms with E-state index in [-0.39, 0.29) is 0 Å². The fourth-order valence-electron chi connectivity index (χ4n) is 1.78. The molecule has 0 amide bonds. The third kappa shape index (κ3) is 4.10. The number of aromatic nitrogens is 2. The zero-order valence-corrected chi connectivity index (χ0v) is 12.8. The second kappa shape index (κ2) is 6.90. The van der Waals surface area contributed by atoms with E-state index >= 15 is 0 Å². The maximum Gasteiger partial charge on any atom is 0.137 e. The van der Waals surface area contributed by atoms with Crippen molar-refractivity contribution in [3.05, 3.63) is 16.5 Å². The summed E-state index contributed by atoms with van der Waals surface area (Å²) in [5.74, 6) is 1.76. The van der Waals surface area contributed by atoms with Crippen LogP contribution in [0.25, 0.3) is 0 Å². The molecule has 0 fully saturated rings. The fourth-order valence-corrected chi connectivity index (χ4v) is 1.96. The molecule has 102 valence electrons. The highest BCUT2D eigenvalue weighted by Gasteiger charge is 2.12. The molecule has 0 aliphatic carbocycles. The van der Waals surface area contributed by atoms with Gasteiger partial charge in [-0.25, -0.2) is 9.97 Å². The highest BCUT2D eigenvalue weighted by molar-refractivity contribution is 6.30. The Bertz CT molecular complexity index is 393. The molecule has 0 aliphatic heterocycles. The zero-order valence-electron chi connectivity index (χ0n) is 12.0. The third-order valence-corrected chi connectivity index (χ3v) is 3.25. The summed E-state index contributed by atoms with van der Waals surface area (Å²) in [6.07, 6.45) is 1.91. The highest BCUT2D eigenvalue weighted by atomic mass is 35.5. The van der Waals surface area contributed by atoms with Crippen molar-refractivity contribution in [2.45, 2.75) is 26.7 Å². The molecular formula is C13H23ClN4. The minimum atomic E-state index is 0.566. The molecule has 1 aromatic heterocycles. The van der Waals surface area contributed by atoms with E-state index in [0.29, 0.717) is 5.15 Å². The fraction of sp³-hybridized carbons (Fsp3) is 0.692. The van der Waals surface area contributed by atoms with Crippen molar-refractivity contribution in [1.82, 2.24) is 14.9 Å². The first-order valence-corrected chi connectivity index (χ1v) is 6.72. The van der Waals surface area contributed by atoms with E-state index in [4.69, 9.17) is 11.6 Å². The molecule has 1 heterocycles. The Morgan fingerprint density at radius 2 is 1.78 bits per heavy atom. The van der Waals surface area contributed by atoms with E-state index in [9.17, 15) is 0 Å². The van der Waals surface area contributed by atoms with Crippen LogP contribution >= 0.6 is 11.6 Å². The summed E-state index contributed by atoms with van der Waals surface area (Å²) in [4.78, 5) is 13.2. The quantitative estimate of drug-likeness (QED) is 0.743. The van der Waals surface area contributed by atoms with E-state index in [1.807, 2.05) is 13.8 Å². The summed E-state index contributed by atoms with van der Waals surface area (Å²) in [6.45, 7) is 6.05. The molecule has 4 nitrogen and oxygen atoms in total. The number of aryl methyl sites for hydroxylation is 1. The van der Waals surface area contributed by atoms with Gasteiger partial charge in [0.1, 0.15) is 16.8 Å². The molecule has 0 N–H and O–H groups in total. The predicted octanol–water partition coefficient (Wildman–Crippen LogP) is 2.39. The largest absolute Gasteiger partial charge is 0.359 e. The van der Waals surface area contributed by atoms with Gasteiger partial charge in [-0.2, -0.15) is 0 Å². The second-order valence-electron chi connectivity index (χ2n) is 4.81. The van der Waals surface area contributed by atoms with E-state index in [2.05, 4.69) is 40.9 Å². The zero-order chi connectivity index (χ0) is 13.7. The molecule has 0 bridgehead atoms. The van der Waals surface area contributed by atoms with Crippen LogP contribution in [0.5, 0.6) is 0 Å². The molecule has 0 aromatic carbocycles. The smallest absolute Gasteiger partial charge is 0.137 e. The molecule has 5 heteroatoms. The third-order valence-electron chi connectivity index (χ3n) is 2.88. The number of nitrogens with zero attached hydrogens (tertiary/aromatic N) is 4. The minimum Gasteiger partial charge on any atom is -0.359 e. The number of halogens is 1. The van der Waals surface area contributed by atoms with E-state index < -0.39 is 0 Å². The van der Waals surface area contributed by atoms with Gasteiger partial charge in [-0.05, 0) is 34.0 Å². The van der Waals surface area contributed by atoms with Crippen LogP contribution in [0, 0.1) is 6.92 Å². The number of anilines is 1. The minimum absolute atomic E-state index is 0.566. The maximum absolute atomic E-state index is 6.14. The normalized spacial score (nSPS) is 11.1. The van der Waals surface area contributed by atoms with Gasteiger partial charge in [0.25, 0.3) is 0 Å². The Morgan fingerprint density at radius 1 is 1.11 bits per heavy atom. The van der Waals surface area contributed by atoms with Gasteiger partial charge in [-0.3, -0.25) is 0 Å². The summed E-state index contributed by atoms with van der Waals surface area (Å²) in [6, 6.07) is 0. The summed E-state index contributed by atoms with van der Waals surface area (Å²) in [5.41, 5.74) is 0.959. The second-order valence-corrected chi connectivity index (χ2v) is 5.17. The van der Waals surface area contributed by atoms with Gasteiger partial charge in [-0.1, -0.05) is 18.5 Å². The van der Waals surface area contributed by atoms with Crippen LogP contribution in [-0.4, -0.2) is 49.1 Å². The van der Waals surface area contributed by atoms with Gasteiger partial charge >= 0.3 is 0 Å². The Labute approximate surface area is 115 Å². The van der Waals surface area contributed by atoms with Crippen LogP contribution in [0.2, 0.25) is 5.15 Å². The van der Waals surface area contributed by atoms with Gasteiger partial charge in [-0.15, -0.1) is 0 Å². The molecule has 0 atom stereocenters. The summed E-state index contributed by atoms with van der Waals surface area (Å²) < 4.78 is 0. The van der Waals surface area contributed by atoms with Crippen molar-refractivity contribution < 1.29 is 0 Å².